The highest BCUT2D eigenvalue weighted by Crippen LogP contribution is 2.09. The summed E-state index contributed by atoms with van der Waals surface area (Å²) in [6.45, 7) is 7.23. The van der Waals surface area contributed by atoms with Gasteiger partial charge in [0.15, 0.2) is 0 Å². The number of rotatable bonds is 7. The lowest BCUT2D eigenvalue weighted by Crippen LogP contribution is -2.38. The van der Waals surface area contributed by atoms with Crippen LogP contribution in [0.5, 0.6) is 0 Å². The van der Waals surface area contributed by atoms with Gasteiger partial charge in [-0.15, -0.1) is 0 Å². The van der Waals surface area contributed by atoms with Crippen LogP contribution in [-0.4, -0.2) is 37.1 Å². The van der Waals surface area contributed by atoms with Crippen LogP contribution in [0.2, 0.25) is 0 Å². The molecule has 1 aromatic carbocycles. The molecule has 0 aliphatic carbocycles. The topological polar surface area (TPSA) is 15.3 Å². The van der Waals surface area contributed by atoms with E-state index in [1.165, 1.54) is 57.3 Å². The van der Waals surface area contributed by atoms with Crippen molar-refractivity contribution >= 4 is 0 Å². The van der Waals surface area contributed by atoms with Gasteiger partial charge in [-0.2, -0.15) is 0 Å². The Balaban J connectivity index is 1.68. The van der Waals surface area contributed by atoms with E-state index in [-0.39, 0.29) is 0 Å². The van der Waals surface area contributed by atoms with Crippen molar-refractivity contribution in [3.05, 3.63) is 35.9 Å². The lowest BCUT2D eigenvalue weighted by Gasteiger charge is -2.22. The van der Waals surface area contributed by atoms with Crippen molar-refractivity contribution in [2.75, 3.05) is 26.2 Å². The minimum atomic E-state index is 0.615. The molecule has 1 heterocycles. The number of hydrogen-bond donors (Lipinski definition) is 1. The van der Waals surface area contributed by atoms with E-state index in [9.17, 15) is 0 Å². The van der Waals surface area contributed by atoms with Crippen molar-refractivity contribution in [3.8, 4) is 0 Å². The largest absolute Gasteiger partial charge is 0.312 e. The van der Waals surface area contributed by atoms with Gasteiger partial charge < -0.3 is 10.2 Å². The third-order valence-corrected chi connectivity index (χ3v) is 4.38. The average molecular weight is 274 g/mol. The Bertz CT molecular complexity index is 342. The monoisotopic (exact) mass is 274 g/mol. The summed E-state index contributed by atoms with van der Waals surface area (Å²) in [5.41, 5.74) is 1.45. The van der Waals surface area contributed by atoms with Gasteiger partial charge in [0.25, 0.3) is 0 Å². The van der Waals surface area contributed by atoms with Gasteiger partial charge in [-0.1, -0.05) is 50.1 Å². The summed E-state index contributed by atoms with van der Waals surface area (Å²) >= 11 is 0. The predicted octanol–water partition coefficient (Wildman–Crippen LogP) is 3.47. The molecule has 1 fully saturated rings. The first-order chi connectivity index (χ1) is 9.88. The van der Waals surface area contributed by atoms with Crippen LogP contribution >= 0.6 is 0 Å². The molecule has 1 saturated heterocycles. The molecule has 0 bridgehead atoms. The fraction of sp³-hybridized carbons (Fsp3) is 0.667. The third kappa shape index (κ3) is 5.64. The highest BCUT2D eigenvalue weighted by Gasteiger charge is 2.10. The van der Waals surface area contributed by atoms with E-state index in [0.717, 1.165) is 13.0 Å². The van der Waals surface area contributed by atoms with Crippen LogP contribution in [0, 0.1) is 0 Å². The Morgan fingerprint density at radius 2 is 1.75 bits per heavy atom. The number of nitrogens with zero attached hydrogens (tertiary/aromatic N) is 1. The molecule has 112 valence electrons. The molecule has 1 N–H and O–H groups in total. The SMILES string of the molecule is CCC(Cc1ccccc1)NCCN1CCCCCC1. The zero-order valence-corrected chi connectivity index (χ0v) is 13.0. The van der Waals surface area contributed by atoms with Gasteiger partial charge >= 0.3 is 0 Å². The Kier molecular flexibility index (Phi) is 7.10. The van der Waals surface area contributed by atoms with Crippen LogP contribution in [0.3, 0.4) is 0 Å². The van der Waals surface area contributed by atoms with E-state index < -0.39 is 0 Å². The summed E-state index contributed by atoms with van der Waals surface area (Å²) in [4.78, 5) is 2.63. The van der Waals surface area contributed by atoms with E-state index >= 15 is 0 Å². The molecule has 1 aliphatic rings. The van der Waals surface area contributed by atoms with Crippen LogP contribution in [0.15, 0.2) is 30.3 Å². The fourth-order valence-electron chi connectivity index (χ4n) is 3.05. The normalized spacial score (nSPS) is 18.6. The van der Waals surface area contributed by atoms with Crippen molar-refractivity contribution in [3.63, 3.8) is 0 Å². The zero-order chi connectivity index (χ0) is 14.0. The maximum Gasteiger partial charge on any atom is 0.0107 e. The molecule has 1 aliphatic heterocycles. The van der Waals surface area contributed by atoms with E-state index in [1.54, 1.807) is 0 Å². The first kappa shape index (κ1) is 15.5. The molecule has 0 aromatic heterocycles. The highest BCUT2D eigenvalue weighted by atomic mass is 15.1. The Labute approximate surface area is 124 Å². The van der Waals surface area contributed by atoms with E-state index in [4.69, 9.17) is 0 Å². The Hall–Kier alpha value is -0.860. The molecule has 0 amide bonds. The molecular weight excluding hydrogens is 244 g/mol. The molecule has 0 spiro atoms. The summed E-state index contributed by atoms with van der Waals surface area (Å²) in [6.07, 6.45) is 7.99. The average Bonchev–Trinajstić information content (AvgIpc) is 2.76. The van der Waals surface area contributed by atoms with Gasteiger partial charge in [-0.3, -0.25) is 0 Å². The maximum absolute atomic E-state index is 3.74. The van der Waals surface area contributed by atoms with Crippen molar-refractivity contribution in [1.29, 1.82) is 0 Å². The van der Waals surface area contributed by atoms with Gasteiger partial charge in [-0.25, -0.2) is 0 Å². The quantitative estimate of drug-likeness (QED) is 0.819. The van der Waals surface area contributed by atoms with Crippen LogP contribution in [0.1, 0.15) is 44.6 Å². The molecule has 20 heavy (non-hydrogen) atoms. The second-order valence-corrected chi connectivity index (χ2v) is 6.00. The van der Waals surface area contributed by atoms with Gasteiger partial charge in [0.1, 0.15) is 0 Å². The smallest absolute Gasteiger partial charge is 0.0107 e. The van der Waals surface area contributed by atoms with E-state index in [1.807, 2.05) is 0 Å². The second-order valence-electron chi connectivity index (χ2n) is 6.00. The van der Waals surface area contributed by atoms with E-state index in [0.29, 0.717) is 6.04 Å². The minimum absolute atomic E-state index is 0.615. The van der Waals surface area contributed by atoms with Gasteiger partial charge in [0.05, 0.1) is 0 Å². The van der Waals surface area contributed by atoms with Crippen molar-refractivity contribution in [1.82, 2.24) is 10.2 Å². The predicted molar refractivity (Wildman–Crippen MR) is 87.1 cm³/mol. The van der Waals surface area contributed by atoms with Crippen molar-refractivity contribution in [2.24, 2.45) is 0 Å². The van der Waals surface area contributed by atoms with Gasteiger partial charge in [0, 0.05) is 19.1 Å². The summed E-state index contributed by atoms with van der Waals surface area (Å²) < 4.78 is 0. The first-order valence-corrected chi connectivity index (χ1v) is 8.38. The summed E-state index contributed by atoms with van der Waals surface area (Å²) in [5.74, 6) is 0. The highest BCUT2D eigenvalue weighted by molar-refractivity contribution is 5.15. The second kappa shape index (κ2) is 9.15. The molecule has 0 saturated carbocycles. The molecule has 2 heteroatoms. The molecule has 0 radical (unpaired) electrons. The van der Waals surface area contributed by atoms with Crippen LogP contribution in [0.4, 0.5) is 0 Å². The van der Waals surface area contributed by atoms with Crippen LogP contribution < -0.4 is 5.32 Å². The van der Waals surface area contributed by atoms with E-state index in [2.05, 4.69) is 47.5 Å². The number of benzene rings is 1. The summed E-state index contributed by atoms with van der Waals surface area (Å²) in [5, 5.41) is 3.74. The zero-order valence-electron chi connectivity index (χ0n) is 13.0. The van der Waals surface area contributed by atoms with Crippen molar-refractivity contribution in [2.45, 2.75) is 51.5 Å². The fourth-order valence-corrected chi connectivity index (χ4v) is 3.05. The van der Waals surface area contributed by atoms with Crippen LogP contribution in [-0.2, 0) is 6.42 Å². The molecule has 1 unspecified atom stereocenters. The Morgan fingerprint density at radius 3 is 2.40 bits per heavy atom. The summed E-state index contributed by atoms with van der Waals surface area (Å²) in [7, 11) is 0. The molecule has 1 atom stereocenters. The third-order valence-electron chi connectivity index (χ3n) is 4.38. The van der Waals surface area contributed by atoms with Crippen molar-refractivity contribution < 1.29 is 0 Å². The number of hydrogen-bond acceptors (Lipinski definition) is 2. The lowest BCUT2D eigenvalue weighted by molar-refractivity contribution is 0.278. The summed E-state index contributed by atoms with van der Waals surface area (Å²) in [6, 6.07) is 11.5. The number of nitrogens with one attached hydrogen (secondary N) is 1. The number of likely N-dealkylation sites (tertiary alicyclic amines) is 1. The van der Waals surface area contributed by atoms with Crippen LogP contribution in [0.25, 0.3) is 0 Å². The minimum Gasteiger partial charge on any atom is -0.312 e. The van der Waals surface area contributed by atoms with Gasteiger partial charge in [-0.05, 0) is 44.3 Å². The molecule has 1 aromatic rings. The molecular formula is C18H30N2. The lowest BCUT2D eigenvalue weighted by atomic mass is 10.0. The maximum atomic E-state index is 3.74. The molecule has 2 rings (SSSR count). The Morgan fingerprint density at radius 1 is 1.05 bits per heavy atom. The van der Waals surface area contributed by atoms with Gasteiger partial charge in [0.2, 0.25) is 0 Å². The standard InChI is InChI=1S/C18H30N2/c1-2-18(16-17-10-6-5-7-11-17)19-12-15-20-13-8-3-4-9-14-20/h5-7,10-11,18-19H,2-4,8-9,12-16H2,1H3. The first-order valence-electron chi connectivity index (χ1n) is 8.38. The molecule has 2 nitrogen and oxygen atoms in total.